The van der Waals surface area contributed by atoms with Gasteiger partial charge in [0, 0.05) is 40.9 Å². The zero-order valence-corrected chi connectivity index (χ0v) is 19.1. The number of carbonyl (C=O) groups is 1. The molecule has 0 radical (unpaired) electrons. The molecule has 2 aromatic carbocycles. The monoisotopic (exact) mass is 497 g/mol. The third-order valence-corrected chi connectivity index (χ3v) is 5.68. The average molecular weight is 498 g/mol. The van der Waals surface area contributed by atoms with Crippen LogP contribution in [0.25, 0.3) is 0 Å². The highest BCUT2D eigenvalue weighted by molar-refractivity contribution is 9.10. The topological polar surface area (TPSA) is 90.7 Å². The number of pyridine rings is 2. The van der Waals surface area contributed by atoms with Crippen LogP contribution < -0.4 is 10.6 Å². The Balaban J connectivity index is 1.71. The number of amides is 2. The summed E-state index contributed by atoms with van der Waals surface area (Å²) >= 11 is 3.55. The molecule has 33 heavy (non-hydrogen) atoms. The maximum Gasteiger partial charge on any atom is 0.319 e. The number of benzene rings is 2. The predicted molar refractivity (Wildman–Crippen MR) is 131 cm³/mol. The molecule has 0 bridgehead atoms. The zero-order valence-electron chi connectivity index (χ0n) is 17.5. The van der Waals surface area contributed by atoms with Crippen molar-refractivity contribution in [3.05, 3.63) is 124 Å². The molecule has 0 fully saturated rings. The second-order valence-corrected chi connectivity index (χ2v) is 8.29. The summed E-state index contributed by atoms with van der Waals surface area (Å²) in [7, 11) is 0. The van der Waals surface area contributed by atoms with Crippen molar-refractivity contribution < 1.29 is 4.79 Å². The first-order valence-electron chi connectivity index (χ1n) is 10.3. The first-order valence-corrected chi connectivity index (χ1v) is 11.1. The maximum absolute atomic E-state index is 13.1. The highest BCUT2D eigenvalue weighted by atomic mass is 79.9. The Labute approximate surface area is 200 Å². The number of nitriles is 1. The maximum atomic E-state index is 13.1. The molecule has 0 aliphatic rings. The molecule has 2 heterocycles. The first-order chi connectivity index (χ1) is 16.1. The van der Waals surface area contributed by atoms with Gasteiger partial charge in [-0.15, -0.1) is 0 Å². The van der Waals surface area contributed by atoms with Crippen molar-refractivity contribution in [1.82, 2.24) is 15.3 Å². The van der Waals surface area contributed by atoms with Gasteiger partial charge in [-0.25, -0.2) is 4.79 Å². The van der Waals surface area contributed by atoms with E-state index >= 15 is 0 Å². The lowest BCUT2D eigenvalue weighted by molar-refractivity contribution is 0.247. The second kappa shape index (κ2) is 10.5. The normalized spacial score (nSPS) is 11.4. The fourth-order valence-electron chi connectivity index (χ4n) is 3.69. The summed E-state index contributed by atoms with van der Waals surface area (Å²) in [5.74, 6) is -0.228. The van der Waals surface area contributed by atoms with Gasteiger partial charge in [0.15, 0.2) is 0 Å². The van der Waals surface area contributed by atoms with Gasteiger partial charge in [-0.3, -0.25) is 9.97 Å². The summed E-state index contributed by atoms with van der Waals surface area (Å²) in [4.78, 5) is 21.7. The average Bonchev–Trinajstić information content (AvgIpc) is 2.85. The summed E-state index contributed by atoms with van der Waals surface area (Å²) in [6.07, 6.45) is 7.07. The third kappa shape index (κ3) is 5.62. The molecule has 162 valence electrons. The van der Waals surface area contributed by atoms with E-state index in [2.05, 4.69) is 42.6 Å². The van der Waals surface area contributed by atoms with Gasteiger partial charge in [0.2, 0.25) is 0 Å². The number of aromatic nitrogens is 2. The van der Waals surface area contributed by atoms with Gasteiger partial charge in [-0.2, -0.15) is 5.26 Å². The number of carbonyl (C=O) groups excluding carboxylic acids is 1. The van der Waals surface area contributed by atoms with Gasteiger partial charge in [0.1, 0.15) is 0 Å². The molecule has 0 spiro atoms. The van der Waals surface area contributed by atoms with Gasteiger partial charge >= 0.3 is 6.03 Å². The van der Waals surface area contributed by atoms with Crippen LogP contribution in [0.4, 0.5) is 10.5 Å². The minimum Gasteiger partial charge on any atom is -0.330 e. The van der Waals surface area contributed by atoms with E-state index in [1.54, 1.807) is 36.7 Å². The number of hydrogen-bond donors (Lipinski definition) is 2. The summed E-state index contributed by atoms with van der Waals surface area (Å²) in [5, 5.41) is 15.0. The number of nitrogens with zero attached hydrogens (tertiary/aromatic N) is 3. The number of halogens is 1. The van der Waals surface area contributed by atoms with Crippen molar-refractivity contribution in [3.8, 4) is 6.07 Å². The number of anilines is 1. The number of urea groups is 1. The lowest BCUT2D eigenvalue weighted by Gasteiger charge is -2.29. The molecule has 0 aliphatic carbocycles. The fourth-order valence-corrected chi connectivity index (χ4v) is 4.11. The van der Waals surface area contributed by atoms with Crippen molar-refractivity contribution in [1.29, 1.82) is 5.26 Å². The minimum absolute atomic E-state index is 0.228. The first kappa shape index (κ1) is 22.2. The lowest BCUT2D eigenvalue weighted by atomic mass is 9.83. The van der Waals surface area contributed by atoms with E-state index in [1.807, 2.05) is 60.9 Å². The van der Waals surface area contributed by atoms with Crippen LogP contribution in [0.5, 0.6) is 0 Å². The molecule has 7 heteroatoms. The van der Waals surface area contributed by atoms with Gasteiger partial charge in [-0.05, 0) is 65.2 Å². The molecule has 4 aromatic rings. The minimum atomic E-state index is -0.408. The lowest BCUT2D eigenvalue weighted by Crippen LogP contribution is -2.36. The molecule has 1 atom stereocenters. The van der Waals surface area contributed by atoms with E-state index in [0.29, 0.717) is 11.3 Å². The van der Waals surface area contributed by atoms with E-state index in [0.717, 1.165) is 21.2 Å². The third-order valence-electron chi connectivity index (χ3n) is 5.19. The van der Waals surface area contributed by atoms with Crippen LogP contribution in [-0.4, -0.2) is 16.0 Å². The molecule has 0 saturated carbocycles. The fraction of sp³-hybridized carbons (Fsp3) is 0.0769. The van der Waals surface area contributed by atoms with Crippen LogP contribution in [0.1, 0.15) is 34.2 Å². The Morgan fingerprint density at radius 1 is 0.879 bits per heavy atom. The molecule has 0 saturated heterocycles. The smallest absolute Gasteiger partial charge is 0.319 e. The quantitative estimate of drug-likeness (QED) is 0.351. The van der Waals surface area contributed by atoms with Crippen molar-refractivity contribution >= 4 is 27.6 Å². The van der Waals surface area contributed by atoms with E-state index < -0.39 is 6.04 Å². The molecule has 0 aliphatic heterocycles. The number of rotatable bonds is 6. The molecule has 4 rings (SSSR count). The van der Waals surface area contributed by atoms with E-state index in [4.69, 9.17) is 5.26 Å². The standard InChI is InChI=1S/C26H20BrN5O/c27-22-7-1-4-19(14-22)25(32-26(33)31-23-10-8-18(15-28)9-11-23)24(20-5-2-12-29-16-20)21-6-3-13-30-17-21/h1-14,16-17,24-25H,(H2,31,32,33). The Bertz CT molecular complexity index is 1220. The SMILES string of the molecule is N#Cc1ccc(NC(=O)NC(c2cccc(Br)c2)C(c2cccnc2)c2cccnc2)cc1. The second-order valence-electron chi connectivity index (χ2n) is 7.37. The van der Waals surface area contributed by atoms with Crippen molar-refractivity contribution in [2.45, 2.75) is 12.0 Å². The van der Waals surface area contributed by atoms with Crippen LogP contribution in [0.3, 0.4) is 0 Å². The van der Waals surface area contributed by atoms with Crippen LogP contribution >= 0.6 is 15.9 Å². The van der Waals surface area contributed by atoms with E-state index in [1.165, 1.54) is 0 Å². The summed E-state index contributed by atoms with van der Waals surface area (Å²) in [6, 6.07) is 23.6. The Hall–Kier alpha value is -4.02. The molecule has 2 aromatic heterocycles. The molecular formula is C26H20BrN5O. The van der Waals surface area contributed by atoms with Crippen LogP contribution in [0, 0.1) is 11.3 Å². The van der Waals surface area contributed by atoms with Gasteiger partial charge in [0.25, 0.3) is 0 Å². The number of nitrogens with one attached hydrogen (secondary N) is 2. The van der Waals surface area contributed by atoms with Crippen LogP contribution in [-0.2, 0) is 0 Å². The van der Waals surface area contributed by atoms with Gasteiger partial charge < -0.3 is 10.6 Å². The zero-order chi connectivity index (χ0) is 23.0. The van der Waals surface area contributed by atoms with E-state index in [9.17, 15) is 4.79 Å². The molecule has 2 N–H and O–H groups in total. The van der Waals surface area contributed by atoms with Gasteiger partial charge in [-0.1, -0.05) is 40.2 Å². The molecule has 2 amide bonds. The number of hydrogen-bond acceptors (Lipinski definition) is 4. The predicted octanol–water partition coefficient (Wildman–Crippen LogP) is 5.81. The molecular weight excluding hydrogens is 478 g/mol. The van der Waals surface area contributed by atoms with Crippen molar-refractivity contribution in [2.75, 3.05) is 5.32 Å². The van der Waals surface area contributed by atoms with Crippen LogP contribution in [0.15, 0.2) is 102 Å². The Morgan fingerprint density at radius 3 is 2.06 bits per heavy atom. The highest BCUT2D eigenvalue weighted by Crippen LogP contribution is 2.37. The highest BCUT2D eigenvalue weighted by Gasteiger charge is 2.29. The van der Waals surface area contributed by atoms with E-state index in [-0.39, 0.29) is 11.9 Å². The van der Waals surface area contributed by atoms with Crippen LogP contribution in [0.2, 0.25) is 0 Å². The van der Waals surface area contributed by atoms with Gasteiger partial charge in [0.05, 0.1) is 17.7 Å². The molecule has 6 nitrogen and oxygen atoms in total. The Kier molecular flexibility index (Phi) is 7.08. The largest absolute Gasteiger partial charge is 0.330 e. The van der Waals surface area contributed by atoms with Crippen molar-refractivity contribution in [3.63, 3.8) is 0 Å². The Morgan fingerprint density at radius 2 is 1.52 bits per heavy atom. The van der Waals surface area contributed by atoms with Crippen molar-refractivity contribution in [2.24, 2.45) is 0 Å². The summed E-state index contributed by atoms with van der Waals surface area (Å²) < 4.78 is 0.912. The summed E-state index contributed by atoms with van der Waals surface area (Å²) in [6.45, 7) is 0. The molecule has 1 unspecified atom stereocenters. The summed E-state index contributed by atoms with van der Waals surface area (Å²) in [5.41, 5.74) is 3.96.